The van der Waals surface area contributed by atoms with E-state index in [-0.39, 0.29) is 0 Å². The minimum absolute atomic E-state index is 0.606. The minimum Gasteiger partial charge on any atom is -0.330 e. The van der Waals surface area contributed by atoms with Gasteiger partial charge < -0.3 is 10.6 Å². The number of alkyl halides is 3. The van der Waals surface area contributed by atoms with Crippen molar-refractivity contribution in [3.05, 3.63) is 35.4 Å². The van der Waals surface area contributed by atoms with Crippen LogP contribution >= 0.6 is 0 Å². The fourth-order valence-electron chi connectivity index (χ4n) is 1.55. The molecule has 0 amide bonds. The molecular weight excluding hydrogens is 229 g/mol. The van der Waals surface area contributed by atoms with Crippen molar-refractivity contribution in [3.8, 4) is 0 Å². The van der Waals surface area contributed by atoms with E-state index in [0.29, 0.717) is 13.1 Å². The van der Waals surface area contributed by atoms with Crippen LogP contribution in [0.25, 0.3) is 0 Å². The predicted molar refractivity (Wildman–Crippen MR) is 61.4 cm³/mol. The number of nitrogens with two attached hydrogens (primary N) is 1. The van der Waals surface area contributed by atoms with Gasteiger partial charge in [-0.2, -0.15) is 13.2 Å². The van der Waals surface area contributed by atoms with E-state index < -0.39 is 11.7 Å². The van der Waals surface area contributed by atoms with Crippen molar-refractivity contribution in [3.63, 3.8) is 0 Å². The van der Waals surface area contributed by atoms with Crippen molar-refractivity contribution in [1.29, 1.82) is 0 Å². The highest BCUT2D eigenvalue weighted by atomic mass is 19.4. The van der Waals surface area contributed by atoms with Gasteiger partial charge in [-0.3, -0.25) is 0 Å². The Hall–Kier alpha value is -1.07. The van der Waals surface area contributed by atoms with Gasteiger partial charge in [0.25, 0.3) is 0 Å². The van der Waals surface area contributed by atoms with E-state index in [2.05, 4.69) is 0 Å². The highest BCUT2D eigenvalue weighted by Gasteiger charge is 2.29. The van der Waals surface area contributed by atoms with Crippen molar-refractivity contribution in [1.82, 2.24) is 4.90 Å². The van der Waals surface area contributed by atoms with Crippen LogP contribution in [0.4, 0.5) is 13.2 Å². The maximum Gasteiger partial charge on any atom is 0.416 e. The summed E-state index contributed by atoms with van der Waals surface area (Å²) in [5.41, 5.74) is 5.65. The van der Waals surface area contributed by atoms with Crippen molar-refractivity contribution in [2.45, 2.75) is 19.1 Å². The molecule has 0 atom stereocenters. The number of rotatable bonds is 5. The molecule has 0 aromatic heterocycles. The van der Waals surface area contributed by atoms with Crippen molar-refractivity contribution >= 4 is 0 Å². The highest BCUT2D eigenvalue weighted by molar-refractivity contribution is 5.24. The van der Waals surface area contributed by atoms with Crippen LogP contribution in [0, 0.1) is 0 Å². The maximum absolute atomic E-state index is 12.3. The van der Waals surface area contributed by atoms with Crippen LogP contribution in [0.5, 0.6) is 0 Å². The van der Waals surface area contributed by atoms with Gasteiger partial charge in [0.2, 0.25) is 0 Å². The van der Waals surface area contributed by atoms with Gasteiger partial charge in [0, 0.05) is 6.54 Å². The summed E-state index contributed by atoms with van der Waals surface area (Å²) in [4.78, 5) is 2.04. The molecule has 1 rings (SSSR count). The van der Waals surface area contributed by atoms with Crippen LogP contribution in [-0.2, 0) is 12.7 Å². The molecule has 0 spiro atoms. The lowest BCUT2D eigenvalue weighted by Gasteiger charge is -2.16. The summed E-state index contributed by atoms with van der Waals surface area (Å²) < 4.78 is 37.0. The summed E-state index contributed by atoms with van der Waals surface area (Å²) in [6.45, 7) is 2.10. The van der Waals surface area contributed by atoms with Gasteiger partial charge in [-0.1, -0.05) is 12.1 Å². The van der Waals surface area contributed by atoms with Crippen molar-refractivity contribution in [2.24, 2.45) is 5.73 Å². The van der Waals surface area contributed by atoms with E-state index >= 15 is 0 Å². The molecule has 0 radical (unpaired) electrons. The van der Waals surface area contributed by atoms with Gasteiger partial charge in [-0.15, -0.1) is 0 Å². The Balaban J connectivity index is 2.56. The second-order valence-corrected chi connectivity index (χ2v) is 4.07. The van der Waals surface area contributed by atoms with Crippen LogP contribution < -0.4 is 5.73 Å². The summed E-state index contributed by atoms with van der Waals surface area (Å²) in [7, 11) is 1.92. The lowest BCUT2D eigenvalue weighted by Crippen LogP contribution is -2.21. The first-order valence-electron chi connectivity index (χ1n) is 5.48. The van der Waals surface area contributed by atoms with Crippen LogP contribution in [-0.4, -0.2) is 25.0 Å². The van der Waals surface area contributed by atoms with E-state index in [0.717, 1.165) is 30.7 Å². The number of halogens is 3. The number of benzene rings is 1. The standard InChI is InChI=1S/C12H17F3N2/c1-17(8-2-7-16)9-10-3-5-11(6-4-10)12(13,14)15/h3-6H,2,7-9,16H2,1H3. The lowest BCUT2D eigenvalue weighted by atomic mass is 10.1. The molecule has 2 N–H and O–H groups in total. The SMILES string of the molecule is CN(CCCN)Cc1ccc(C(F)(F)F)cc1. The predicted octanol–water partition coefficient (Wildman–Crippen LogP) is 2.49. The zero-order valence-electron chi connectivity index (χ0n) is 9.80. The summed E-state index contributed by atoms with van der Waals surface area (Å²) >= 11 is 0. The zero-order chi connectivity index (χ0) is 12.9. The number of hydrogen-bond acceptors (Lipinski definition) is 2. The van der Waals surface area contributed by atoms with Crippen molar-refractivity contribution in [2.75, 3.05) is 20.1 Å². The normalized spacial score (nSPS) is 12.1. The Morgan fingerprint density at radius 1 is 1.18 bits per heavy atom. The first kappa shape index (κ1) is 14.0. The Kier molecular flexibility index (Phi) is 4.96. The van der Waals surface area contributed by atoms with Gasteiger partial charge in [-0.25, -0.2) is 0 Å². The molecular formula is C12H17F3N2. The Bertz CT molecular complexity index is 333. The van der Waals surface area contributed by atoms with Crippen LogP contribution in [0.15, 0.2) is 24.3 Å². The fraction of sp³-hybridized carbons (Fsp3) is 0.500. The fourth-order valence-corrected chi connectivity index (χ4v) is 1.55. The van der Waals surface area contributed by atoms with Crippen LogP contribution in [0.2, 0.25) is 0 Å². The third-order valence-electron chi connectivity index (χ3n) is 2.48. The molecule has 0 fully saturated rings. The smallest absolute Gasteiger partial charge is 0.330 e. The minimum atomic E-state index is -4.26. The molecule has 0 heterocycles. The number of hydrogen-bond donors (Lipinski definition) is 1. The molecule has 96 valence electrons. The summed E-state index contributed by atoms with van der Waals surface area (Å²) in [5.74, 6) is 0. The maximum atomic E-state index is 12.3. The molecule has 0 bridgehead atoms. The van der Waals surface area contributed by atoms with Crippen LogP contribution in [0.3, 0.4) is 0 Å². The van der Waals surface area contributed by atoms with Gasteiger partial charge >= 0.3 is 6.18 Å². The molecule has 0 aliphatic heterocycles. The van der Waals surface area contributed by atoms with Crippen molar-refractivity contribution < 1.29 is 13.2 Å². The van der Waals surface area contributed by atoms with E-state index in [1.54, 1.807) is 0 Å². The molecule has 1 aromatic carbocycles. The molecule has 0 aliphatic carbocycles. The average molecular weight is 246 g/mol. The average Bonchev–Trinajstić information content (AvgIpc) is 2.26. The largest absolute Gasteiger partial charge is 0.416 e. The monoisotopic (exact) mass is 246 g/mol. The van der Waals surface area contributed by atoms with E-state index in [1.165, 1.54) is 12.1 Å². The van der Waals surface area contributed by atoms with Gasteiger partial charge in [0.1, 0.15) is 0 Å². The highest BCUT2D eigenvalue weighted by Crippen LogP contribution is 2.29. The second kappa shape index (κ2) is 6.02. The van der Waals surface area contributed by atoms with E-state index in [9.17, 15) is 13.2 Å². The molecule has 5 heteroatoms. The topological polar surface area (TPSA) is 29.3 Å². The summed E-state index contributed by atoms with van der Waals surface area (Å²) in [6, 6.07) is 5.27. The molecule has 1 aromatic rings. The summed E-state index contributed by atoms with van der Waals surface area (Å²) in [6.07, 6.45) is -3.37. The third kappa shape index (κ3) is 4.75. The molecule has 0 unspecified atom stereocenters. The van der Waals surface area contributed by atoms with Gasteiger partial charge in [0.15, 0.2) is 0 Å². The van der Waals surface area contributed by atoms with Gasteiger partial charge in [0.05, 0.1) is 5.56 Å². The number of nitrogens with zero attached hydrogens (tertiary/aromatic N) is 1. The molecule has 0 saturated heterocycles. The van der Waals surface area contributed by atoms with Crippen LogP contribution in [0.1, 0.15) is 17.5 Å². The van der Waals surface area contributed by atoms with E-state index in [1.807, 2.05) is 11.9 Å². The molecule has 17 heavy (non-hydrogen) atoms. The molecule has 0 saturated carbocycles. The molecule has 0 aliphatic rings. The Morgan fingerprint density at radius 3 is 2.24 bits per heavy atom. The zero-order valence-corrected chi connectivity index (χ0v) is 9.80. The summed E-state index contributed by atoms with van der Waals surface area (Å²) in [5, 5.41) is 0. The lowest BCUT2D eigenvalue weighted by molar-refractivity contribution is -0.137. The first-order valence-corrected chi connectivity index (χ1v) is 5.48. The Labute approximate surface area is 99.2 Å². The molecule has 2 nitrogen and oxygen atoms in total. The Morgan fingerprint density at radius 2 is 1.76 bits per heavy atom. The van der Waals surface area contributed by atoms with E-state index in [4.69, 9.17) is 5.73 Å². The quantitative estimate of drug-likeness (QED) is 0.864. The first-order chi connectivity index (χ1) is 7.93. The third-order valence-corrected chi connectivity index (χ3v) is 2.48. The second-order valence-electron chi connectivity index (χ2n) is 4.07. The van der Waals surface area contributed by atoms with Gasteiger partial charge in [-0.05, 0) is 44.3 Å².